The molecule has 174 valence electrons. The van der Waals surface area contributed by atoms with Gasteiger partial charge in [0.05, 0.1) is 20.8 Å². The maximum absolute atomic E-state index is 13.4. The van der Waals surface area contributed by atoms with Crippen molar-refractivity contribution in [2.75, 3.05) is 27.3 Å². The molecule has 0 spiro atoms. The number of ether oxygens (including phenoxy) is 2. The van der Waals surface area contributed by atoms with Gasteiger partial charge >= 0.3 is 6.03 Å². The predicted octanol–water partition coefficient (Wildman–Crippen LogP) is 2.97. The number of carbonyl (C=O) groups excluding carboxylic acids is 3. The number of amides is 4. The van der Waals surface area contributed by atoms with E-state index < -0.39 is 11.6 Å². The molecule has 1 aromatic rings. The number of likely N-dealkylation sites (tertiary alicyclic amines) is 1. The van der Waals surface area contributed by atoms with Crippen LogP contribution in [0.15, 0.2) is 30.4 Å². The molecule has 2 aliphatic heterocycles. The number of carbonyl (C=O) groups is 3. The van der Waals surface area contributed by atoms with Crippen molar-refractivity contribution < 1.29 is 23.9 Å². The molecule has 0 bridgehead atoms. The van der Waals surface area contributed by atoms with E-state index in [4.69, 9.17) is 9.47 Å². The van der Waals surface area contributed by atoms with Crippen LogP contribution in [-0.4, -0.2) is 60.5 Å². The second kappa shape index (κ2) is 9.63. The van der Waals surface area contributed by atoms with Crippen LogP contribution in [0.3, 0.4) is 0 Å². The summed E-state index contributed by atoms with van der Waals surface area (Å²) in [6, 6.07) is 4.96. The molecular weight excluding hydrogens is 410 g/mol. The molecule has 3 rings (SSSR count). The van der Waals surface area contributed by atoms with Gasteiger partial charge < -0.3 is 19.7 Å². The van der Waals surface area contributed by atoms with Crippen molar-refractivity contribution in [2.24, 2.45) is 11.8 Å². The van der Waals surface area contributed by atoms with Gasteiger partial charge in [-0.15, -0.1) is 0 Å². The molecule has 2 aliphatic rings. The normalized spacial score (nSPS) is 22.1. The lowest BCUT2D eigenvalue weighted by Crippen LogP contribution is -2.54. The summed E-state index contributed by atoms with van der Waals surface area (Å²) in [6.45, 7) is 7.06. The Labute approximate surface area is 189 Å². The summed E-state index contributed by atoms with van der Waals surface area (Å²) >= 11 is 0. The Morgan fingerprint density at radius 1 is 1.22 bits per heavy atom. The Morgan fingerprint density at radius 3 is 2.50 bits per heavy atom. The van der Waals surface area contributed by atoms with Gasteiger partial charge in [0.15, 0.2) is 11.5 Å². The highest BCUT2D eigenvalue weighted by atomic mass is 16.5. The average Bonchev–Trinajstić information content (AvgIpc) is 3.01. The van der Waals surface area contributed by atoms with E-state index in [-0.39, 0.29) is 24.3 Å². The van der Waals surface area contributed by atoms with Gasteiger partial charge in [-0.05, 0) is 43.7 Å². The summed E-state index contributed by atoms with van der Waals surface area (Å²) in [5.74, 6) is 1.06. The molecule has 1 N–H and O–H groups in total. The highest BCUT2D eigenvalue weighted by Crippen LogP contribution is 2.36. The fourth-order valence-electron chi connectivity index (χ4n) is 4.44. The molecule has 8 nitrogen and oxygen atoms in total. The van der Waals surface area contributed by atoms with Crippen LogP contribution >= 0.6 is 0 Å². The van der Waals surface area contributed by atoms with E-state index in [0.29, 0.717) is 48.9 Å². The fourth-order valence-corrected chi connectivity index (χ4v) is 4.44. The molecule has 0 aromatic heterocycles. The van der Waals surface area contributed by atoms with E-state index in [9.17, 15) is 14.4 Å². The third-order valence-electron chi connectivity index (χ3n) is 6.36. The monoisotopic (exact) mass is 443 g/mol. The van der Waals surface area contributed by atoms with Gasteiger partial charge in [0.25, 0.3) is 5.91 Å². The maximum Gasteiger partial charge on any atom is 0.325 e. The minimum absolute atomic E-state index is 0.00386. The van der Waals surface area contributed by atoms with Gasteiger partial charge in [0.1, 0.15) is 5.54 Å². The van der Waals surface area contributed by atoms with Crippen LogP contribution in [0, 0.1) is 11.8 Å². The standard InChI is InChI=1S/C24H33N3O5/c1-16(2)9-10-20(28)26-13-11-18(12-14-26)24(3)22(29)27(23(30)25-24)15-17-7-6-8-19(31-4)21(17)32-5/h6-10,16,18H,11-15H2,1-5H3,(H,25,30)/b10-9+. The first kappa shape index (κ1) is 23.6. The smallest absolute Gasteiger partial charge is 0.325 e. The topological polar surface area (TPSA) is 88.2 Å². The minimum Gasteiger partial charge on any atom is -0.493 e. The van der Waals surface area contributed by atoms with Gasteiger partial charge in [-0.25, -0.2) is 4.79 Å². The second-order valence-electron chi connectivity index (χ2n) is 8.88. The molecule has 2 saturated heterocycles. The van der Waals surface area contributed by atoms with E-state index >= 15 is 0 Å². The molecule has 1 atom stereocenters. The molecule has 1 aromatic carbocycles. The summed E-state index contributed by atoms with van der Waals surface area (Å²) in [5, 5.41) is 2.92. The Bertz CT molecular complexity index is 905. The van der Waals surface area contributed by atoms with Crippen molar-refractivity contribution >= 4 is 17.8 Å². The zero-order valence-electron chi connectivity index (χ0n) is 19.5. The molecule has 0 saturated carbocycles. The van der Waals surface area contributed by atoms with Gasteiger partial charge in [0.2, 0.25) is 5.91 Å². The third kappa shape index (κ3) is 4.59. The van der Waals surface area contributed by atoms with Crippen LogP contribution in [0.2, 0.25) is 0 Å². The summed E-state index contributed by atoms with van der Waals surface area (Å²) in [5.41, 5.74) is -0.302. The molecule has 1 unspecified atom stereocenters. The van der Waals surface area contributed by atoms with E-state index in [2.05, 4.69) is 5.32 Å². The first-order valence-electron chi connectivity index (χ1n) is 11.0. The van der Waals surface area contributed by atoms with Gasteiger partial charge in [0, 0.05) is 18.7 Å². The van der Waals surface area contributed by atoms with E-state index in [1.165, 1.54) is 12.0 Å². The lowest BCUT2D eigenvalue weighted by molar-refractivity contribution is -0.134. The highest BCUT2D eigenvalue weighted by Gasteiger charge is 2.53. The van der Waals surface area contributed by atoms with Crippen LogP contribution < -0.4 is 14.8 Å². The number of allylic oxidation sites excluding steroid dienone is 1. The van der Waals surface area contributed by atoms with Gasteiger partial charge in [-0.1, -0.05) is 32.1 Å². The SMILES string of the molecule is COc1cccc(CN2C(=O)NC(C)(C3CCN(C(=O)/C=C/C(C)C)CC3)C2=O)c1OC. The number of piperidine rings is 1. The van der Waals surface area contributed by atoms with Crippen LogP contribution in [0.1, 0.15) is 39.2 Å². The Kier molecular flexibility index (Phi) is 7.11. The molecule has 2 fully saturated rings. The van der Waals surface area contributed by atoms with Crippen molar-refractivity contribution in [3.63, 3.8) is 0 Å². The van der Waals surface area contributed by atoms with Gasteiger partial charge in [-0.3, -0.25) is 14.5 Å². The summed E-state index contributed by atoms with van der Waals surface area (Å²) in [6.07, 6.45) is 4.82. The number of urea groups is 1. The number of hydrogen-bond donors (Lipinski definition) is 1. The molecule has 0 aliphatic carbocycles. The number of rotatable bonds is 7. The van der Waals surface area contributed by atoms with Crippen molar-refractivity contribution in [2.45, 2.75) is 45.7 Å². The first-order valence-corrected chi connectivity index (χ1v) is 11.0. The van der Waals surface area contributed by atoms with Crippen molar-refractivity contribution in [3.05, 3.63) is 35.9 Å². The van der Waals surface area contributed by atoms with Crippen LogP contribution in [0.4, 0.5) is 4.79 Å². The number of nitrogens with one attached hydrogen (secondary N) is 1. The van der Waals surface area contributed by atoms with Crippen molar-refractivity contribution in [1.82, 2.24) is 15.1 Å². The Morgan fingerprint density at radius 2 is 1.91 bits per heavy atom. The fraction of sp³-hybridized carbons (Fsp3) is 0.542. The number of hydrogen-bond acceptors (Lipinski definition) is 5. The largest absolute Gasteiger partial charge is 0.493 e. The summed E-state index contributed by atoms with van der Waals surface area (Å²) in [4.78, 5) is 41.5. The van der Waals surface area contributed by atoms with E-state index in [0.717, 1.165) is 0 Å². The second-order valence-corrected chi connectivity index (χ2v) is 8.88. The van der Waals surface area contributed by atoms with Crippen molar-refractivity contribution in [1.29, 1.82) is 0 Å². The van der Waals surface area contributed by atoms with Crippen LogP contribution in [0.5, 0.6) is 11.5 Å². The number of benzene rings is 1. The molecule has 2 heterocycles. The predicted molar refractivity (Wildman–Crippen MR) is 120 cm³/mol. The quantitative estimate of drug-likeness (QED) is 0.517. The van der Waals surface area contributed by atoms with Crippen LogP contribution in [0.25, 0.3) is 0 Å². The number of para-hydroxylation sites is 1. The lowest BCUT2D eigenvalue weighted by atomic mass is 9.79. The molecule has 0 radical (unpaired) electrons. The Balaban J connectivity index is 1.70. The minimum atomic E-state index is -0.994. The van der Waals surface area contributed by atoms with Gasteiger partial charge in [-0.2, -0.15) is 0 Å². The number of imide groups is 1. The number of methoxy groups -OCH3 is 2. The number of nitrogens with zero attached hydrogens (tertiary/aromatic N) is 2. The first-order chi connectivity index (χ1) is 15.2. The van der Waals surface area contributed by atoms with E-state index in [1.54, 1.807) is 37.1 Å². The molecular formula is C24H33N3O5. The highest BCUT2D eigenvalue weighted by molar-refractivity contribution is 6.07. The Hall–Kier alpha value is -3.03. The maximum atomic E-state index is 13.4. The molecule has 8 heteroatoms. The molecule has 4 amide bonds. The molecule has 32 heavy (non-hydrogen) atoms. The van der Waals surface area contributed by atoms with Crippen molar-refractivity contribution in [3.8, 4) is 11.5 Å². The lowest BCUT2D eigenvalue weighted by Gasteiger charge is -2.38. The average molecular weight is 444 g/mol. The summed E-state index contributed by atoms with van der Waals surface area (Å²) < 4.78 is 10.8. The summed E-state index contributed by atoms with van der Waals surface area (Å²) in [7, 11) is 3.07. The zero-order valence-corrected chi connectivity index (χ0v) is 19.5. The zero-order chi connectivity index (χ0) is 23.5. The third-order valence-corrected chi connectivity index (χ3v) is 6.36. The van der Waals surface area contributed by atoms with Crippen LogP contribution in [-0.2, 0) is 16.1 Å². The van der Waals surface area contributed by atoms with E-state index in [1.807, 2.05) is 26.0 Å².